The topological polar surface area (TPSA) is 0 Å². The lowest BCUT2D eigenvalue weighted by atomic mass is 9.87. The quantitative estimate of drug-likeness (QED) is 0.182. The summed E-state index contributed by atoms with van der Waals surface area (Å²) in [7, 11) is 0. The Morgan fingerprint density at radius 1 is 0.188 bits per heavy atom. The molecule has 0 amide bonds. The summed E-state index contributed by atoms with van der Waals surface area (Å²) in [4.78, 5) is 0. The van der Waals surface area contributed by atoms with Crippen molar-refractivity contribution < 1.29 is 0 Å². The fraction of sp³-hybridized carbons (Fsp3) is 0. The van der Waals surface area contributed by atoms with Crippen molar-refractivity contribution in [1.29, 1.82) is 0 Å². The molecule has 0 heterocycles. The molecule has 0 nitrogen and oxygen atoms in total. The van der Waals surface area contributed by atoms with Crippen LogP contribution in [0, 0.1) is 0 Å². The lowest BCUT2D eigenvalue weighted by Gasteiger charge is -2.17. The highest BCUT2D eigenvalue weighted by molar-refractivity contribution is 6.08. The van der Waals surface area contributed by atoms with Gasteiger partial charge in [-0.2, -0.15) is 0 Å². The van der Waals surface area contributed by atoms with Gasteiger partial charge in [0, 0.05) is 0 Å². The molecule has 0 N–H and O–H groups in total. The van der Waals surface area contributed by atoms with Crippen molar-refractivity contribution in [2.45, 2.75) is 0 Å². The Morgan fingerprint density at radius 2 is 0.625 bits per heavy atom. The summed E-state index contributed by atoms with van der Waals surface area (Å²) in [6.45, 7) is 0. The Morgan fingerprint density at radius 3 is 1.23 bits per heavy atom. The molecule has 0 bridgehead atoms. The first-order valence-corrected chi connectivity index (χ1v) is 16.6. The van der Waals surface area contributed by atoms with Gasteiger partial charge in [-0.3, -0.25) is 0 Å². The summed E-state index contributed by atoms with van der Waals surface area (Å²) >= 11 is 0. The van der Waals surface area contributed by atoms with Crippen molar-refractivity contribution in [3.05, 3.63) is 194 Å². The first-order chi connectivity index (χ1) is 23.8. The average molecular weight is 609 g/mol. The average Bonchev–Trinajstić information content (AvgIpc) is 3.17. The van der Waals surface area contributed by atoms with Crippen LogP contribution in [0.5, 0.6) is 0 Å². The highest BCUT2D eigenvalue weighted by Gasteiger charge is 2.15. The third-order valence-corrected chi connectivity index (χ3v) is 9.62. The van der Waals surface area contributed by atoms with Crippen LogP contribution in [0.4, 0.5) is 0 Å². The minimum absolute atomic E-state index is 1.21. The Kier molecular flexibility index (Phi) is 6.91. The van der Waals surface area contributed by atoms with Gasteiger partial charge in [-0.25, -0.2) is 0 Å². The van der Waals surface area contributed by atoms with Gasteiger partial charge in [0.15, 0.2) is 0 Å². The SMILES string of the molecule is c1ccc(-c2cc(-c3ccccc3)cc(-c3ccc(-c4ccc5ccccc5c4)c4ccc(-c5ccc6ccccc6c5)cc34)c2)cc1. The molecule has 0 atom stereocenters. The largest absolute Gasteiger partial charge is 0.0622 e. The predicted octanol–water partition coefficient (Wildman–Crippen LogP) is 13.5. The summed E-state index contributed by atoms with van der Waals surface area (Å²) in [6.07, 6.45) is 0. The fourth-order valence-corrected chi connectivity index (χ4v) is 7.13. The molecule has 0 radical (unpaired) electrons. The summed E-state index contributed by atoms with van der Waals surface area (Å²) in [5.74, 6) is 0. The molecule has 9 aromatic rings. The van der Waals surface area contributed by atoms with E-state index in [-0.39, 0.29) is 0 Å². The monoisotopic (exact) mass is 608 g/mol. The van der Waals surface area contributed by atoms with Gasteiger partial charge in [0.25, 0.3) is 0 Å². The van der Waals surface area contributed by atoms with Crippen molar-refractivity contribution in [2.24, 2.45) is 0 Å². The van der Waals surface area contributed by atoms with Gasteiger partial charge >= 0.3 is 0 Å². The third kappa shape index (κ3) is 5.14. The molecule has 0 spiro atoms. The third-order valence-electron chi connectivity index (χ3n) is 9.62. The first-order valence-electron chi connectivity index (χ1n) is 16.6. The second-order valence-electron chi connectivity index (χ2n) is 12.6. The number of rotatable bonds is 5. The molecule has 224 valence electrons. The van der Waals surface area contributed by atoms with Crippen LogP contribution < -0.4 is 0 Å². The van der Waals surface area contributed by atoms with Crippen molar-refractivity contribution in [3.63, 3.8) is 0 Å². The van der Waals surface area contributed by atoms with Crippen LogP contribution in [0.15, 0.2) is 194 Å². The van der Waals surface area contributed by atoms with Crippen molar-refractivity contribution in [3.8, 4) is 55.6 Å². The van der Waals surface area contributed by atoms with E-state index in [0.717, 1.165) is 0 Å². The van der Waals surface area contributed by atoms with Crippen LogP contribution in [0.2, 0.25) is 0 Å². The minimum Gasteiger partial charge on any atom is -0.0622 e. The summed E-state index contributed by atoms with van der Waals surface area (Å²) in [5, 5.41) is 7.51. The molecule has 9 aromatic carbocycles. The van der Waals surface area contributed by atoms with Gasteiger partial charge in [-0.15, -0.1) is 0 Å². The molecule has 0 fully saturated rings. The van der Waals surface area contributed by atoms with Gasteiger partial charge in [-0.1, -0.05) is 158 Å². The van der Waals surface area contributed by atoms with E-state index in [4.69, 9.17) is 0 Å². The maximum atomic E-state index is 2.40. The second-order valence-corrected chi connectivity index (χ2v) is 12.6. The van der Waals surface area contributed by atoms with E-state index in [1.807, 2.05) is 0 Å². The summed E-state index contributed by atoms with van der Waals surface area (Å²) < 4.78 is 0. The van der Waals surface area contributed by atoms with Crippen LogP contribution in [-0.2, 0) is 0 Å². The van der Waals surface area contributed by atoms with Gasteiger partial charge < -0.3 is 0 Å². The minimum atomic E-state index is 1.21. The Hall–Kier alpha value is -6.24. The van der Waals surface area contributed by atoms with Crippen LogP contribution in [0.3, 0.4) is 0 Å². The highest BCUT2D eigenvalue weighted by atomic mass is 14.2. The standard InChI is InChI=1S/C48H32/c1-3-11-33(12-4-1)42-29-43(34-13-5-2-6-14-34)31-44(30-42)46-26-25-45(41-22-20-36-16-8-10-18-38(36)28-41)47-24-23-40(32-48(46)47)39-21-19-35-15-7-9-17-37(35)27-39/h1-32H. The normalized spacial score (nSPS) is 11.3. The molecular weight excluding hydrogens is 577 g/mol. The lowest BCUT2D eigenvalue weighted by molar-refractivity contribution is 1.57. The van der Waals surface area contributed by atoms with Crippen LogP contribution in [-0.4, -0.2) is 0 Å². The maximum absolute atomic E-state index is 2.40. The summed E-state index contributed by atoms with van der Waals surface area (Å²) in [6, 6.07) is 71.0. The zero-order valence-electron chi connectivity index (χ0n) is 26.5. The van der Waals surface area contributed by atoms with Gasteiger partial charge in [0.05, 0.1) is 0 Å². The molecule has 0 heteroatoms. The smallest absolute Gasteiger partial charge is 0.00930 e. The van der Waals surface area contributed by atoms with Crippen LogP contribution in [0.25, 0.3) is 88.0 Å². The molecule has 0 aliphatic rings. The lowest BCUT2D eigenvalue weighted by Crippen LogP contribution is -1.90. The molecule has 0 aliphatic heterocycles. The van der Waals surface area contributed by atoms with Crippen molar-refractivity contribution >= 4 is 32.3 Å². The second kappa shape index (κ2) is 11.8. The van der Waals surface area contributed by atoms with E-state index in [1.165, 1.54) is 88.0 Å². The molecular formula is C48H32. The molecule has 0 aliphatic carbocycles. The van der Waals surface area contributed by atoms with E-state index in [9.17, 15) is 0 Å². The van der Waals surface area contributed by atoms with E-state index < -0.39 is 0 Å². The number of hydrogen-bond donors (Lipinski definition) is 0. The zero-order valence-corrected chi connectivity index (χ0v) is 26.5. The van der Waals surface area contributed by atoms with Gasteiger partial charge in [0.1, 0.15) is 0 Å². The molecule has 0 saturated heterocycles. The van der Waals surface area contributed by atoms with E-state index in [1.54, 1.807) is 0 Å². The zero-order chi connectivity index (χ0) is 31.9. The Bertz CT molecular complexity index is 2540. The molecule has 0 unspecified atom stereocenters. The summed E-state index contributed by atoms with van der Waals surface area (Å²) in [5.41, 5.74) is 12.2. The van der Waals surface area contributed by atoms with Gasteiger partial charge in [-0.05, 0) is 124 Å². The Labute approximate surface area is 281 Å². The molecule has 0 saturated carbocycles. The number of hydrogen-bond acceptors (Lipinski definition) is 0. The van der Waals surface area contributed by atoms with Crippen LogP contribution >= 0.6 is 0 Å². The number of fused-ring (bicyclic) bond motifs is 3. The predicted molar refractivity (Wildman–Crippen MR) is 206 cm³/mol. The van der Waals surface area contributed by atoms with Crippen LogP contribution in [0.1, 0.15) is 0 Å². The van der Waals surface area contributed by atoms with Crippen molar-refractivity contribution in [2.75, 3.05) is 0 Å². The van der Waals surface area contributed by atoms with E-state index in [2.05, 4.69) is 194 Å². The van der Waals surface area contributed by atoms with Crippen molar-refractivity contribution in [1.82, 2.24) is 0 Å². The van der Waals surface area contributed by atoms with E-state index >= 15 is 0 Å². The highest BCUT2D eigenvalue weighted by Crippen LogP contribution is 2.41. The fourth-order valence-electron chi connectivity index (χ4n) is 7.13. The van der Waals surface area contributed by atoms with E-state index in [0.29, 0.717) is 0 Å². The van der Waals surface area contributed by atoms with Gasteiger partial charge in [0.2, 0.25) is 0 Å². The Balaban J connectivity index is 1.30. The molecule has 48 heavy (non-hydrogen) atoms. The molecule has 9 rings (SSSR count). The maximum Gasteiger partial charge on any atom is -0.00930 e. The number of benzene rings is 9. The first kappa shape index (κ1) is 28.0. The molecule has 0 aromatic heterocycles.